The van der Waals surface area contributed by atoms with Crippen molar-refractivity contribution in [3.05, 3.63) is 47.9 Å². The van der Waals surface area contributed by atoms with Crippen LogP contribution in [-0.4, -0.2) is 44.2 Å². The number of benzene rings is 1. The highest BCUT2D eigenvalue weighted by Gasteiger charge is 2.32. The molecule has 3 rings (SSSR count). The molecule has 7 nitrogen and oxygen atoms in total. The molecular weight excluding hydrogens is 391 g/mol. The Morgan fingerprint density at radius 2 is 1.90 bits per heavy atom. The molecule has 1 saturated heterocycles. The maximum Gasteiger partial charge on any atom is 0.416 e. The Bertz CT molecular complexity index is 862. The summed E-state index contributed by atoms with van der Waals surface area (Å²) < 4.78 is 49.7. The number of alkyl halides is 3. The first-order valence-corrected chi connectivity index (χ1v) is 8.95. The summed E-state index contributed by atoms with van der Waals surface area (Å²) in [5.74, 6) is -1.23. The Labute approximate surface area is 164 Å². The van der Waals surface area contributed by atoms with Gasteiger partial charge in [0.05, 0.1) is 36.4 Å². The molecule has 10 heteroatoms. The van der Waals surface area contributed by atoms with Crippen LogP contribution in [-0.2, 0) is 15.7 Å². The molecule has 0 aliphatic carbocycles. The highest BCUT2D eigenvalue weighted by atomic mass is 19.4. The Morgan fingerprint density at radius 3 is 2.52 bits per heavy atom. The quantitative estimate of drug-likeness (QED) is 0.791. The zero-order valence-corrected chi connectivity index (χ0v) is 15.6. The Kier molecular flexibility index (Phi) is 6.12. The number of nitrogens with one attached hydrogen (secondary N) is 2. The van der Waals surface area contributed by atoms with Gasteiger partial charge in [-0.25, -0.2) is 0 Å². The number of hydrogen-bond donors (Lipinski definition) is 2. The third-order valence-corrected chi connectivity index (χ3v) is 4.42. The van der Waals surface area contributed by atoms with Crippen LogP contribution in [0.3, 0.4) is 0 Å². The minimum atomic E-state index is -4.55. The highest BCUT2D eigenvalue weighted by Crippen LogP contribution is 2.35. The van der Waals surface area contributed by atoms with Crippen molar-refractivity contribution in [2.24, 2.45) is 0 Å². The van der Waals surface area contributed by atoms with Gasteiger partial charge in [0.2, 0.25) is 5.91 Å². The van der Waals surface area contributed by atoms with E-state index < -0.39 is 29.6 Å². The van der Waals surface area contributed by atoms with Gasteiger partial charge in [0, 0.05) is 13.1 Å². The van der Waals surface area contributed by atoms with E-state index in [2.05, 4.69) is 10.6 Å². The van der Waals surface area contributed by atoms with Crippen LogP contribution >= 0.6 is 0 Å². The molecule has 0 bridgehead atoms. The number of halogens is 3. The Balaban J connectivity index is 1.79. The Morgan fingerprint density at radius 1 is 1.17 bits per heavy atom. The molecule has 1 aliphatic rings. The summed E-state index contributed by atoms with van der Waals surface area (Å²) in [6.45, 7) is 3.27. The largest absolute Gasteiger partial charge is 0.459 e. The Hall–Kier alpha value is -3.01. The summed E-state index contributed by atoms with van der Waals surface area (Å²) in [5.41, 5.74) is -0.401. The minimum Gasteiger partial charge on any atom is -0.459 e. The van der Waals surface area contributed by atoms with Crippen molar-refractivity contribution < 1.29 is 31.9 Å². The number of furan rings is 1. The van der Waals surface area contributed by atoms with Gasteiger partial charge in [0.15, 0.2) is 5.76 Å². The van der Waals surface area contributed by atoms with E-state index in [1.54, 1.807) is 0 Å². The molecule has 2 heterocycles. The van der Waals surface area contributed by atoms with Crippen molar-refractivity contribution in [2.45, 2.75) is 19.1 Å². The molecule has 0 saturated carbocycles. The van der Waals surface area contributed by atoms with E-state index in [4.69, 9.17) is 9.15 Å². The highest BCUT2D eigenvalue weighted by molar-refractivity contribution is 6.01. The average Bonchev–Trinajstić information content (AvgIpc) is 3.23. The second-order valence-corrected chi connectivity index (χ2v) is 6.49. The number of morpholine rings is 1. The first-order valence-electron chi connectivity index (χ1n) is 8.95. The monoisotopic (exact) mass is 411 g/mol. The summed E-state index contributed by atoms with van der Waals surface area (Å²) in [6, 6.07) is 5.15. The number of hydrogen-bond acceptors (Lipinski definition) is 5. The molecule has 1 fully saturated rings. The maximum absolute atomic E-state index is 13.2. The van der Waals surface area contributed by atoms with Gasteiger partial charge < -0.3 is 24.7 Å². The fourth-order valence-electron chi connectivity index (χ4n) is 2.87. The van der Waals surface area contributed by atoms with E-state index in [0.717, 1.165) is 12.1 Å². The van der Waals surface area contributed by atoms with Crippen LogP contribution in [0.1, 0.15) is 23.0 Å². The molecule has 1 aromatic carbocycles. The van der Waals surface area contributed by atoms with Crippen LogP contribution in [0.5, 0.6) is 0 Å². The third kappa shape index (κ3) is 5.08. The second kappa shape index (κ2) is 8.56. The lowest BCUT2D eigenvalue weighted by atomic mass is 10.1. The molecule has 2 N–H and O–H groups in total. The van der Waals surface area contributed by atoms with Crippen LogP contribution < -0.4 is 15.5 Å². The molecule has 0 radical (unpaired) electrons. The van der Waals surface area contributed by atoms with E-state index in [0.29, 0.717) is 32.0 Å². The van der Waals surface area contributed by atoms with Gasteiger partial charge in [-0.1, -0.05) is 0 Å². The van der Waals surface area contributed by atoms with Gasteiger partial charge >= 0.3 is 6.18 Å². The molecule has 2 aromatic rings. The predicted molar refractivity (Wildman–Crippen MR) is 98.7 cm³/mol. The molecule has 0 unspecified atom stereocenters. The maximum atomic E-state index is 13.2. The zero-order valence-electron chi connectivity index (χ0n) is 15.6. The lowest BCUT2D eigenvalue weighted by Gasteiger charge is -2.31. The smallest absolute Gasteiger partial charge is 0.416 e. The zero-order chi connectivity index (χ0) is 21.0. The number of nitrogens with zero attached hydrogens (tertiary/aromatic N) is 1. The van der Waals surface area contributed by atoms with E-state index in [1.165, 1.54) is 31.4 Å². The van der Waals surface area contributed by atoms with E-state index >= 15 is 0 Å². The van der Waals surface area contributed by atoms with E-state index in [-0.39, 0.29) is 11.4 Å². The summed E-state index contributed by atoms with van der Waals surface area (Å²) in [6.07, 6.45) is -3.24. The van der Waals surface area contributed by atoms with Gasteiger partial charge in [0.1, 0.15) is 6.04 Å². The van der Waals surface area contributed by atoms with Crippen LogP contribution in [0.2, 0.25) is 0 Å². The molecule has 29 heavy (non-hydrogen) atoms. The molecule has 1 aliphatic heterocycles. The van der Waals surface area contributed by atoms with E-state index in [1.807, 2.05) is 4.90 Å². The van der Waals surface area contributed by atoms with Crippen molar-refractivity contribution in [3.63, 3.8) is 0 Å². The van der Waals surface area contributed by atoms with Gasteiger partial charge in [-0.3, -0.25) is 9.59 Å². The summed E-state index contributed by atoms with van der Waals surface area (Å²) in [7, 11) is 0. The number of anilines is 2. The SMILES string of the molecule is C[C@H](NC(=O)c1ccco1)C(=O)Nc1cc(C(F)(F)F)ccc1N1CCOCC1. The number of carbonyl (C=O) groups is 2. The van der Waals surface area contributed by atoms with Crippen molar-refractivity contribution in [2.75, 3.05) is 36.5 Å². The lowest BCUT2D eigenvalue weighted by Crippen LogP contribution is -2.42. The molecular formula is C19H20F3N3O4. The normalized spacial score (nSPS) is 15.7. The van der Waals surface area contributed by atoms with Crippen LogP contribution in [0.4, 0.5) is 24.5 Å². The lowest BCUT2D eigenvalue weighted by molar-refractivity contribution is -0.137. The minimum absolute atomic E-state index is 0.0193. The van der Waals surface area contributed by atoms with Crippen LogP contribution in [0, 0.1) is 0 Å². The third-order valence-electron chi connectivity index (χ3n) is 4.42. The average molecular weight is 411 g/mol. The number of carbonyl (C=O) groups excluding carboxylic acids is 2. The fraction of sp³-hybridized carbons (Fsp3) is 0.368. The first-order chi connectivity index (χ1) is 13.8. The van der Waals surface area contributed by atoms with Crippen molar-refractivity contribution >= 4 is 23.2 Å². The molecule has 1 atom stereocenters. The number of rotatable bonds is 5. The van der Waals surface area contributed by atoms with Crippen molar-refractivity contribution in [1.29, 1.82) is 0 Å². The van der Waals surface area contributed by atoms with Gasteiger partial charge in [-0.15, -0.1) is 0 Å². The number of ether oxygens (including phenoxy) is 1. The summed E-state index contributed by atoms with van der Waals surface area (Å²) >= 11 is 0. The van der Waals surface area contributed by atoms with Crippen molar-refractivity contribution in [1.82, 2.24) is 5.32 Å². The van der Waals surface area contributed by atoms with E-state index in [9.17, 15) is 22.8 Å². The van der Waals surface area contributed by atoms with Gasteiger partial charge in [-0.2, -0.15) is 13.2 Å². The molecule has 0 spiro atoms. The molecule has 156 valence electrons. The predicted octanol–water partition coefficient (Wildman–Crippen LogP) is 2.89. The first kappa shape index (κ1) is 20.7. The second-order valence-electron chi connectivity index (χ2n) is 6.49. The van der Waals surface area contributed by atoms with Crippen LogP contribution in [0.25, 0.3) is 0 Å². The van der Waals surface area contributed by atoms with Gasteiger partial charge in [0.25, 0.3) is 5.91 Å². The van der Waals surface area contributed by atoms with Gasteiger partial charge in [-0.05, 0) is 37.3 Å². The topological polar surface area (TPSA) is 83.8 Å². The number of amides is 2. The molecule has 2 amide bonds. The fourth-order valence-corrected chi connectivity index (χ4v) is 2.87. The molecule has 1 aromatic heterocycles. The van der Waals surface area contributed by atoms with Crippen molar-refractivity contribution in [3.8, 4) is 0 Å². The van der Waals surface area contributed by atoms with Crippen LogP contribution in [0.15, 0.2) is 41.0 Å². The summed E-state index contributed by atoms with van der Waals surface area (Å²) in [5, 5.41) is 4.95. The standard InChI is InChI=1S/C19H20F3N3O4/c1-12(23-18(27)16-3-2-8-29-16)17(26)24-14-11-13(19(20,21)22)4-5-15(14)25-6-9-28-10-7-25/h2-5,8,11-12H,6-7,9-10H2,1H3,(H,23,27)(H,24,26)/t12-/m0/s1. The summed E-state index contributed by atoms with van der Waals surface area (Å²) in [4.78, 5) is 26.4.